The second kappa shape index (κ2) is 5.39. The summed E-state index contributed by atoms with van der Waals surface area (Å²) >= 11 is 0. The van der Waals surface area contributed by atoms with Gasteiger partial charge < -0.3 is 9.42 Å². The molecule has 1 aliphatic rings. The van der Waals surface area contributed by atoms with E-state index in [1.165, 1.54) is 11.1 Å². The van der Waals surface area contributed by atoms with Crippen LogP contribution in [0.3, 0.4) is 0 Å². The Morgan fingerprint density at radius 1 is 1.36 bits per heavy atom. The molecule has 2 aromatic rings. The number of nitrogens with zero attached hydrogens (tertiary/aromatic N) is 4. The van der Waals surface area contributed by atoms with Crippen molar-refractivity contribution in [1.29, 1.82) is 0 Å². The Labute approximate surface area is 122 Å². The van der Waals surface area contributed by atoms with E-state index in [0.717, 1.165) is 0 Å². The molecular formula is C13H11F3N4O2. The van der Waals surface area contributed by atoms with Crippen LogP contribution in [0, 0.1) is 0 Å². The topological polar surface area (TPSA) is 72.1 Å². The first-order valence-corrected chi connectivity index (χ1v) is 6.56. The average molecular weight is 312 g/mol. The molecule has 1 aliphatic heterocycles. The number of alkyl halides is 3. The fraction of sp³-hybridized carbons (Fsp3) is 0.385. The summed E-state index contributed by atoms with van der Waals surface area (Å²) in [5, 5.41) is 3.37. The van der Waals surface area contributed by atoms with Crippen LogP contribution in [0.4, 0.5) is 13.2 Å². The van der Waals surface area contributed by atoms with Gasteiger partial charge in [0.05, 0.1) is 0 Å². The third kappa shape index (κ3) is 2.78. The third-order valence-corrected chi connectivity index (χ3v) is 3.41. The maximum absolute atomic E-state index is 12.4. The smallest absolute Gasteiger partial charge is 0.337 e. The first kappa shape index (κ1) is 14.5. The highest BCUT2D eigenvalue weighted by Crippen LogP contribution is 2.31. The maximum Gasteiger partial charge on any atom is 0.471 e. The molecule has 1 unspecified atom stereocenters. The van der Waals surface area contributed by atoms with Crippen LogP contribution in [0.2, 0.25) is 0 Å². The van der Waals surface area contributed by atoms with Gasteiger partial charge >= 0.3 is 12.1 Å². The van der Waals surface area contributed by atoms with E-state index in [0.29, 0.717) is 18.7 Å². The molecule has 0 aliphatic carbocycles. The van der Waals surface area contributed by atoms with Gasteiger partial charge in [0, 0.05) is 25.2 Å². The van der Waals surface area contributed by atoms with Crippen molar-refractivity contribution in [3.63, 3.8) is 0 Å². The van der Waals surface area contributed by atoms with Crippen LogP contribution in [0.15, 0.2) is 28.9 Å². The minimum atomic E-state index is -4.66. The molecule has 3 rings (SSSR count). The van der Waals surface area contributed by atoms with Gasteiger partial charge in [-0.05, 0) is 18.6 Å². The summed E-state index contributed by atoms with van der Waals surface area (Å²) < 4.78 is 41.6. The lowest BCUT2D eigenvalue weighted by molar-refractivity contribution is -0.159. The SMILES string of the molecule is O=C(c1ccccn1)N1CCC(c2noc(C(F)(F)F)n2)C1. The molecule has 22 heavy (non-hydrogen) atoms. The molecule has 0 spiro atoms. The molecule has 2 aromatic heterocycles. The van der Waals surface area contributed by atoms with E-state index < -0.39 is 12.1 Å². The molecule has 9 heteroatoms. The quantitative estimate of drug-likeness (QED) is 0.849. The van der Waals surface area contributed by atoms with Crippen LogP contribution in [-0.2, 0) is 6.18 Å². The van der Waals surface area contributed by atoms with Crippen LogP contribution in [0.5, 0.6) is 0 Å². The number of hydrogen-bond acceptors (Lipinski definition) is 5. The molecule has 116 valence electrons. The van der Waals surface area contributed by atoms with Crippen molar-refractivity contribution in [3.05, 3.63) is 41.8 Å². The Balaban J connectivity index is 1.70. The number of aromatic nitrogens is 3. The average Bonchev–Trinajstić information content (AvgIpc) is 3.15. The fourth-order valence-electron chi connectivity index (χ4n) is 2.32. The molecule has 1 fully saturated rings. The zero-order chi connectivity index (χ0) is 15.7. The van der Waals surface area contributed by atoms with Gasteiger partial charge in [0.2, 0.25) is 0 Å². The maximum atomic E-state index is 12.4. The van der Waals surface area contributed by atoms with E-state index in [-0.39, 0.29) is 24.2 Å². The van der Waals surface area contributed by atoms with E-state index in [1.807, 2.05) is 0 Å². The number of rotatable bonds is 2. The number of amides is 1. The van der Waals surface area contributed by atoms with Gasteiger partial charge in [0.15, 0.2) is 5.82 Å². The number of halogens is 3. The minimum Gasteiger partial charge on any atom is -0.337 e. The van der Waals surface area contributed by atoms with Crippen LogP contribution in [0.25, 0.3) is 0 Å². The largest absolute Gasteiger partial charge is 0.471 e. The lowest BCUT2D eigenvalue weighted by atomic mass is 10.1. The van der Waals surface area contributed by atoms with Gasteiger partial charge in [-0.1, -0.05) is 11.2 Å². The summed E-state index contributed by atoms with van der Waals surface area (Å²) in [5.41, 5.74) is 0.298. The van der Waals surface area contributed by atoms with Gasteiger partial charge in [-0.2, -0.15) is 18.2 Å². The van der Waals surface area contributed by atoms with Crippen LogP contribution < -0.4 is 0 Å². The summed E-state index contributed by atoms with van der Waals surface area (Å²) in [6.07, 6.45) is -2.67. The standard InChI is InChI=1S/C13H11F3N4O2/c14-13(15,16)12-18-10(19-22-12)8-4-6-20(7-8)11(21)9-3-1-2-5-17-9/h1-3,5,8H,4,6-7H2. The predicted molar refractivity (Wildman–Crippen MR) is 66.8 cm³/mol. The summed E-state index contributed by atoms with van der Waals surface area (Å²) in [6, 6.07) is 4.98. The molecule has 1 amide bonds. The Bertz CT molecular complexity index is 671. The molecular weight excluding hydrogens is 301 g/mol. The number of likely N-dealkylation sites (tertiary alicyclic amines) is 1. The number of hydrogen-bond donors (Lipinski definition) is 0. The van der Waals surface area contributed by atoms with Crippen LogP contribution in [0.1, 0.15) is 34.5 Å². The van der Waals surface area contributed by atoms with Gasteiger partial charge in [0.25, 0.3) is 5.91 Å². The molecule has 6 nitrogen and oxygen atoms in total. The number of pyridine rings is 1. The lowest BCUT2D eigenvalue weighted by Crippen LogP contribution is -2.29. The first-order chi connectivity index (χ1) is 10.4. The van der Waals surface area contributed by atoms with Crippen molar-refractivity contribution in [2.24, 2.45) is 0 Å². The Hall–Kier alpha value is -2.45. The predicted octanol–water partition coefficient (Wildman–Crippen LogP) is 2.11. The van der Waals surface area contributed by atoms with Crippen LogP contribution >= 0.6 is 0 Å². The zero-order valence-electron chi connectivity index (χ0n) is 11.2. The van der Waals surface area contributed by atoms with Crippen molar-refractivity contribution in [2.45, 2.75) is 18.5 Å². The zero-order valence-corrected chi connectivity index (χ0v) is 11.2. The molecule has 1 atom stereocenters. The van der Waals surface area contributed by atoms with E-state index in [1.54, 1.807) is 18.2 Å². The molecule has 0 radical (unpaired) electrons. The van der Waals surface area contributed by atoms with E-state index in [2.05, 4.69) is 19.6 Å². The van der Waals surface area contributed by atoms with Crippen molar-refractivity contribution >= 4 is 5.91 Å². The Morgan fingerprint density at radius 2 is 2.18 bits per heavy atom. The molecule has 0 N–H and O–H groups in total. The molecule has 0 saturated carbocycles. The summed E-state index contributed by atoms with van der Waals surface area (Å²) in [5.74, 6) is -2.02. The third-order valence-electron chi connectivity index (χ3n) is 3.41. The van der Waals surface area contributed by atoms with E-state index in [9.17, 15) is 18.0 Å². The molecule has 0 bridgehead atoms. The summed E-state index contributed by atoms with van der Waals surface area (Å²) in [6.45, 7) is 0.655. The monoisotopic (exact) mass is 312 g/mol. The van der Waals surface area contributed by atoms with Gasteiger partial charge in [-0.25, -0.2) is 0 Å². The van der Waals surface area contributed by atoms with Crippen molar-refractivity contribution < 1.29 is 22.5 Å². The van der Waals surface area contributed by atoms with Gasteiger partial charge in [-0.3, -0.25) is 9.78 Å². The number of carbonyl (C=O) groups is 1. The number of carbonyl (C=O) groups excluding carboxylic acids is 1. The lowest BCUT2D eigenvalue weighted by Gasteiger charge is -2.14. The highest BCUT2D eigenvalue weighted by atomic mass is 19.4. The van der Waals surface area contributed by atoms with Crippen molar-refractivity contribution in [2.75, 3.05) is 13.1 Å². The molecule has 3 heterocycles. The van der Waals surface area contributed by atoms with E-state index in [4.69, 9.17) is 0 Å². The summed E-state index contributed by atoms with van der Waals surface area (Å²) in [4.78, 5) is 21.1. The highest BCUT2D eigenvalue weighted by molar-refractivity contribution is 5.92. The fourth-order valence-corrected chi connectivity index (χ4v) is 2.32. The van der Waals surface area contributed by atoms with Gasteiger partial charge in [-0.15, -0.1) is 0 Å². The second-order valence-electron chi connectivity index (χ2n) is 4.91. The van der Waals surface area contributed by atoms with Gasteiger partial charge in [0.1, 0.15) is 5.69 Å². The minimum absolute atomic E-state index is 0.0244. The second-order valence-corrected chi connectivity index (χ2v) is 4.91. The van der Waals surface area contributed by atoms with E-state index >= 15 is 0 Å². The Kier molecular flexibility index (Phi) is 3.55. The van der Waals surface area contributed by atoms with Crippen LogP contribution in [-0.4, -0.2) is 39.0 Å². The molecule has 0 aromatic carbocycles. The van der Waals surface area contributed by atoms with Crippen molar-refractivity contribution in [3.8, 4) is 0 Å². The summed E-state index contributed by atoms with van der Waals surface area (Å²) in [7, 11) is 0. The highest BCUT2D eigenvalue weighted by Gasteiger charge is 2.40. The first-order valence-electron chi connectivity index (χ1n) is 6.56. The normalized spacial score (nSPS) is 18.7. The van der Waals surface area contributed by atoms with Crippen molar-refractivity contribution in [1.82, 2.24) is 20.0 Å². The molecule has 1 saturated heterocycles. The Morgan fingerprint density at radius 3 is 2.82 bits per heavy atom.